The maximum Gasteiger partial charge on any atom is 0.127 e. The van der Waals surface area contributed by atoms with Gasteiger partial charge in [0.25, 0.3) is 0 Å². The van der Waals surface area contributed by atoms with Gasteiger partial charge in [0.15, 0.2) is 0 Å². The van der Waals surface area contributed by atoms with Crippen molar-refractivity contribution in [1.82, 2.24) is 0 Å². The molecule has 1 aromatic rings. The molecule has 0 aromatic heterocycles. The number of hydrogen-bond acceptors (Lipinski definition) is 2. The van der Waals surface area contributed by atoms with E-state index in [9.17, 15) is 8.78 Å². The third-order valence-electron chi connectivity index (χ3n) is 3.43. The topological polar surface area (TPSA) is 46.2 Å². The first-order valence-electron chi connectivity index (χ1n) is 5.77. The number of rotatable bonds is 5. The summed E-state index contributed by atoms with van der Waals surface area (Å²) in [6, 6.07) is 3.02. The van der Waals surface area contributed by atoms with Crippen molar-refractivity contribution in [3.63, 3.8) is 0 Å². The van der Waals surface area contributed by atoms with Gasteiger partial charge in [-0.1, -0.05) is 13.8 Å². The lowest BCUT2D eigenvalue weighted by molar-refractivity contribution is 0.219. The Morgan fingerprint density at radius 3 is 2.59 bits per heavy atom. The highest BCUT2D eigenvalue weighted by Crippen LogP contribution is 2.33. The van der Waals surface area contributed by atoms with Crippen LogP contribution in [-0.2, 0) is 5.41 Å². The van der Waals surface area contributed by atoms with Crippen LogP contribution >= 0.6 is 0 Å². The van der Waals surface area contributed by atoms with Crippen molar-refractivity contribution < 1.29 is 13.9 Å². The highest BCUT2D eigenvalue weighted by Gasteiger charge is 2.34. The maximum absolute atomic E-state index is 13.8. The standard InChI is InChI=1S/C13H19F2NO/c1-3-12(16)13(2,6-7-17)10-8-9(14)4-5-11(10)15/h4-5,8,12,17H,3,6-7,16H2,1-2H3. The summed E-state index contributed by atoms with van der Waals surface area (Å²) in [5.41, 5.74) is 5.47. The quantitative estimate of drug-likeness (QED) is 0.833. The molecule has 1 aromatic carbocycles. The molecular weight excluding hydrogens is 224 g/mol. The minimum atomic E-state index is -0.754. The summed E-state index contributed by atoms with van der Waals surface area (Å²) in [6.45, 7) is 3.53. The van der Waals surface area contributed by atoms with Gasteiger partial charge >= 0.3 is 0 Å². The van der Waals surface area contributed by atoms with Crippen molar-refractivity contribution in [3.8, 4) is 0 Å². The van der Waals surface area contributed by atoms with Gasteiger partial charge in [0.1, 0.15) is 11.6 Å². The van der Waals surface area contributed by atoms with E-state index in [0.29, 0.717) is 12.8 Å². The summed E-state index contributed by atoms with van der Waals surface area (Å²) in [4.78, 5) is 0. The van der Waals surface area contributed by atoms with Gasteiger partial charge in [-0.15, -0.1) is 0 Å². The molecule has 0 aliphatic heterocycles. The molecule has 96 valence electrons. The molecule has 0 spiro atoms. The van der Waals surface area contributed by atoms with E-state index >= 15 is 0 Å². The molecule has 0 heterocycles. The molecule has 0 amide bonds. The van der Waals surface area contributed by atoms with Gasteiger partial charge in [0, 0.05) is 18.1 Å². The van der Waals surface area contributed by atoms with E-state index in [1.807, 2.05) is 6.92 Å². The predicted molar refractivity (Wildman–Crippen MR) is 63.7 cm³/mol. The van der Waals surface area contributed by atoms with E-state index < -0.39 is 17.0 Å². The SMILES string of the molecule is CCC(N)C(C)(CCO)c1cc(F)ccc1F. The van der Waals surface area contributed by atoms with Crippen molar-refractivity contribution in [3.05, 3.63) is 35.4 Å². The molecule has 1 rings (SSSR count). The zero-order chi connectivity index (χ0) is 13.1. The molecule has 3 N–H and O–H groups in total. The molecule has 17 heavy (non-hydrogen) atoms. The average molecular weight is 243 g/mol. The van der Waals surface area contributed by atoms with Crippen LogP contribution in [0.5, 0.6) is 0 Å². The normalized spacial score (nSPS) is 16.6. The second-order valence-electron chi connectivity index (χ2n) is 4.53. The van der Waals surface area contributed by atoms with Crippen LogP contribution in [0.25, 0.3) is 0 Å². The number of aliphatic hydroxyl groups excluding tert-OH is 1. The van der Waals surface area contributed by atoms with Crippen LogP contribution in [0.2, 0.25) is 0 Å². The highest BCUT2D eigenvalue weighted by molar-refractivity contribution is 5.29. The van der Waals surface area contributed by atoms with Crippen LogP contribution in [0.15, 0.2) is 18.2 Å². The lowest BCUT2D eigenvalue weighted by Gasteiger charge is -2.35. The van der Waals surface area contributed by atoms with Gasteiger partial charge in [0.05, 0.1) is 0 Å². The minimum Gasteiger partial charge on any atom is -0.396 e. The Morgan fingerprint density at radius 1 is 1.41 bits per heavy atom. The molecule has 0 aliphatic rings. The molecule has 4 heteroatoms. The third kappa shape index (κ3) is 2.82. The van der Waals surface area contributed by atoms with Crippen molar-refractivity contribution >= 4 is 0 Å². The van der Waals surface area contributed by atoms with Gasteiger partial charge < -0.3 is 10.8 Å². The average Bonchev–Trinajstić information content (AvgIpc) is 2.31. The summed E-state index contributed by atoms with van der Waals surface area (Å²) in [5, 5.41) is 9.10. The first-order chi connectivity index (χ1) is 7.95. The zero-order valence-corrected chi connectivity index (χ0v) is 10.2. The monoisotopic (exact) mass is 243 g/mol. The van der Waals surface area contributed by atoms with Gasteiger partial charge in [0.2, 0.25) is 0 Å². The molecule has 0 aliphatic carbocycles. The molecule has 0 fully saturated rings. The fraction of sp³-hybridized carbons (Fsp3) is 0.538. The molecule has 0 radical (unpaired) electrons. The summed E-state index contributed by atoms with van der Waals surface area (Å²) >= 11 is 0. The van der Waals surface area contributed by atoms with Crippen LogP contribution in [0.1, 0.15) is 32.3 Å². The van der Waals surface area contributed by atoms with Crippen LogP contribution in [-0.4, -0.2) is 17.8 Å². The fourth-order valence-electron chi connectivity index (χ4n) is 2.14. The predicted octanol–water partition coefficient (Wildman–Crippen LogP) is 2.34. The number of halogens is 2. The summed E-state index contributed by atoms with van der Waals surface area (Å²) in [5.74, 6) is -0.972. The van der Waals surface area contributed by atoms with Crippen LogP contribution < -0.4 is 5.73 Å². The first-order valence-corrected chi connectivity index (χ1v) is 5.77. The Hall–Kier alpha value is -1.00. The van der Waals surface area contributed by atoms with Gasteiger partial charge in [-0.05, 0) is 36.6 Å². The fourth-order valence-corrected chi connectivity index (χ4v) is 2.14. The smallest absolute Gasteiger partial charge is 0.127 e. The van der Waals surface area contributed by atoms with E-state index in [1.165, 1.54) is 6.07 Å². The van der Waals surface area contributed by atoms with Crippen LogP contribution in [0.3, 0.4) is 0 Å². The van der Waals surface area contributed by atoms with Crippen molar-refractivity contribution in [2.75, 3.05) is 6.61 Å². The second-order valence-corrected chi connectivity index (χ2v) is 4.53. The Kier molecular flexibility index (Phi) is 4.60. The Morgan fingerprint density at radius 2 is 2.06 bits per heavy atom. The Bertz CT molecular complexity index is 384. The molecule has 0 saturated carbocycles. The molecular formula is C13H19F2NO. The third-order valence-corrected chi connectivity index (χ3v) is 3.43. The van der Waals surface area contributed by atoms with Gasteiger partial charge in [-0.2, -0.15) is 0 Å². The van der Waals surface area contributed by atoms with Crippen LogP contribution in [0.4, 0.5) is 8.78 Å². The molecule has 0 saturated heterocycles. The van der Waals surface area contributed by atoms with Crippen molar-refractivity contribution in [1.29, 1.82) is 0 Å². The Labute approximate surface area is 100 Å². The zero-order valence-electron chi connectivity index (χ0n) is 10.2. The molecule has 2 nitrogen and oxygen atoms in total. The second kappa shape index (κ2) is 5.56. The first kappa shape index (κ1) is 14.1. The summed E-state index contributed by atoms with van der Waals surface area (Å²) in [6.07, 6.45) is 0.939. The van der Waals surface area contributed by atoms with Crippen LogP contribution in [0, 0.1) is 11.6 Å². The van der Waals surface area contributed by atoms with E-state index in [4.69, 9.17) is 10.8 Å². The lowest BCUT2D eigenvalue weighted by Crippen LogP contribution is -2.44. The van der Waals surface area contributed by atoms with Gasteiger partial charge in [-0.25, -0.2) is 8.78 Å². The molecule has 2 atom stereocenters. The van der Waals surface area contributed by atoms with Crippen molar-refractivity contribution in [2.45, 2.75) is 38.1 Å². The van der Waals surface area contributed by atoms with E-state index in [2.05, 4.69) is 0 Å². The minimum absolute atomic E-state index is 0.111. The van der Waals surface area contributed by atoms with E-state index in [-0.39, 0.29) is 18.2 Å². The van der Waals surface area contributed by atoms with E-state index in [0.717, 1.165) is 12.1 Å². The Balaban J connectivity index is 3.26. The van der Waals surface area contributed by atoms with E-state index in [1.54, 1.807) is 6.92 Å². The maximum atomic E-state index is 13.8. The highest BCUT2D eigenvalue weighted by atomic mass is 19.1. The summed E-state index contributed by atoms with van der Waals surface area (Å²) < 4.78 is 27.0. The molecule has 2 unspecified atom stereocenters. The summed E-state index contributed by atoms with van der Waals surface area (Å²) in [7, 11) is 0. The largest absolute Gasteiger partial charge is 0.396 e. The van der Waals surface area contributed by atoms with Crippen molar-refractivity contribution in [2.24, 2.45) is 5.73 Å². The lowest BCUT2D eigenvalue weighted by atomic mass is 9.72. The number of hydrogen-bond donors (Lipinski definition) is 2. The number of nitrogens with two attached hydrogens (primary N) is 1. The molecule has 0 bridgehead atoms. The van der Waals surface area contributed by atoms with Gasteiger partial charge in [-0.3, -0.25) is 0 Å². The number of benzene rings is 1. The number of aliphatic hydroxyl groups is 1.